The zero-order valence-electron chi connectivity index (χ0n) is 19.8. The standard InChI is InChI=1S/C24H32ClN5O3S/c1-3-7-29(8-4-2)22-14-21(25)26-24(27-22)34-16-23(31)30-11-9-28(10-12-30)15-18-5-6-19-20(13-18)33-17-32-19/h5-6,13-14H,3-4,7-12,15-17H2,1-2H3. The first-order valence-electron chi connectivity index (χ1n) is 11.9. The van der Waals surface area contributed by atoms with E-state index in [1.54, 1.807) is 6.07 Å². The highest BCUT2D eigenvalue weighted by molar-refractivity contribution is 7.99. The lowest BCUT2D eigenvalue weighted by Crippen LogP contribution is -2.48. The summed E-state index contributed by atoms with van der Waals surface area (Å²) in [6.45, 7) is 10.4. The van der Waals surface area contributed by atoms with Gasteiger partial charge >= 0.3 is 0 Å². The highest BCUT2D eigenvalue weighted by atomic mass is 35.5. The number of hydrogen-bond donors (Lipinski definition) is 0. The van der Waals surface area contributed by atoms with Gasteiger partial charge in [-0.3, -0.25) is 9.69 Å². The molecule has 0 atom stereocenters. The van der Waals surface area contributed by atoms with Crippen LogP contribution in [0.1, 0.15) is 32.3 Å². The summed E-state index contributed by atoms with van der Waals surface area (Å²) in [5.74, 6) is 2.86. The molecule has 0 N–H and O–H groups in total. The second-order valence-corrected chi connectivity index (χ2v) is 9.78. The zero-order valence-corrected chi connectivity index (χ0v) is 21.4. The fourth-order valence-corrected chi connectivity index (χ4v) is 5.15. The topological polar surface area (TPSA) is 71.0 Å². The molecule has 1 fully saturated rings. The van der Waals surface area contributed by atoms with E-state index < -0.39 is 0 Å². The number of anilines is 1. The quantitative estimate of drug-likeness (QED) is 0.273. The molecule has 8 nitrogen and oxygen atoms in total. The Bertz CT molecular complexity index is 981. The molecule has 1 saturated heterocycles. The predicted octanol–water partition coefficient (Wildman–Crippen LogP) is 3.92. The summed E-state index contributed by atoms with van der Waals surface area (Å²) in [5.41, 5.74) is 1.19. The van der Waals surface area contributed by atoms with Crippen LogP contribution in [0.2, 0.25) is 5.15 Å². The number of fused-ring (bicyclic) bond motifs is 1. The highest BCUT2D eigenvalue weighted by Gasteiger charge is 2.22. The minimum atomic E-state index is 0.108. The number of carbonyl (C=O) groups is 1. The number of nitrogens with zero attached hydrogens (tertiary/aromatic N) is 5. The SMILES string of the molecule is CCCN(CCC)c1cc(Cl)nc(SCC(=O)N2CCN(Cc3ccc4c(c3)OCO4)CC2)n1. The molecule has 0 spiro atoms. The molecule has 0 aliphatic carbocycles. The van der Waals surface area contributed by atoms with Gasteiger partial charge in [0.05, 0.1) is 5.75 Å². The van der Waals surface area contributed by atoms with Gasteiger partial charge in [0.1, 0.15) is 11.0 Å². The van der Waals surface area contributed by atoms with Crippen molar-refractivity contribution in [2.45, 2.75) is 38.4 Å². The van der Waals surface area contributed by atoms with Crippen molar-refractivity contribution in [1.82, 2.24) is 19.8 Å². The molecular formula is C24H32ClN5O3S. The summed E-state index contributed by atoms with van der Waals surface area (Å²) in [7, 11) is 0. The molecule has 0 radical (unpaired) electrons. The van der Waals surface area contributed by atoms with Gasteiger partial charge < -0.3 is 19.3 Å². The Kier molecular flexibility index (Phi) is 8.74. The summed E-state index contributed by atoms with van der Waals surface area (Å²) < 4.78 is 10.9. The molecule has 2 aliphatic heterocycles. The maximum Gasteiger partial charge on any atom is 0.233 e. The lowest BCUT2D eigenvalue weighted by atomic mass is 10.1. The number of hydrogen-bond acceptors (Lipinski definition) is 8. The number of halogens is 1. The van der Waals surface area contributed by atoms with Gasteiger partial charge in [-0.2, -0.15) is 0 Å². The van der Waals surface area contributed by atoms with Gasteiger partial charge in [0, 0.05) is 51.9 Å². The Morgan fingerprint density at radius 1 is 1.06 bits per heavy atom. The van der Waals surface area contributed by atoms with Crippen molar-refractivity contribution < 1.29 is 14.3 Å². The summed E-state index contributed by atoms with van der Waals surface area (Å²) in [6, 6.07) is 7.88. The first-order valence-corrected chi connectivity index (χ1v) is 13.2. The van der Waals surface area contributed by atoms with E-state index >= 15 is 0 Å². The molecule has 0 saturated carbocycles. The number of rotatable bonds is 10. The van der Waals surface area contributed by atoms with Crippen molar-refractivity contribution in [1.29, 1.82) is 0 Å². The van der Waals surface area contributed by atoms with Crippen LogP contribution >= 0.6 is 23.4 Å². The third-order valence-electron chi connectivity index (χ3n) is 5.86. The smallest absolute Gasteiger partial charge is 0.233 e. The van der Waals surface area contributed by atoms with E-state index in [-0.39, 0.29) is 12.7 Å². The van der Waals surface area contributed by atoms with Crippen LogP contribution in [-0.4, -0.2) is 77.5 Å². The summed E-state index contributed by atoms with van der Waals surface area (Å²) in [6.07, 6.45) is 2.06. The normalized spacial score (nSPS) is 15.6. The predicted molar refractivity (Wildman–Crippen MR) is 135 cm³/mol. The molecule has 1 aromatic heterocycles. The Balaban J connectivity index is 1.26. The monoisotopic (exact) mass is 505 g/mol. The minimum Gasteiger partial charge on any atom is -0.454 e. The molecule has 1 aromatic carbocycles. The number of piperazine rings is 1. The second-order valence-electron chi connectivity index (χ2n) is 8.45. The third kappa shape index (κ3) is 6.46. The largest absolute Gasteiger partial charge is 0.454 e. The van der Waals surface area contributed by atoms with E-state index in [9.17, 15) is 4.79 Å². The van der Waals surface area contributed by atoms with Crippen molar-refractivity contribution >= 4 is 35.1 Å². The first-order chi connectivity index (χ1) is 16.6. The second kappa shape index (κ2) is 12.0. The highest BCUT2D eigenvalue weighted by Crippen LogP contribution is 2.33. The first kappa shape index (κ1) is 24.9. The molecule has 0 bridgehead atoms. The average molecular weight is 506 g/mol. The summed E-state index contributed by atoms with van der Waals surface area (Å²) in [5, 5.41) is 0.962. The number of thioether (sulfide) groups is 1. The van der Waals surface area contributed by atoms with Crippen molar-refractivity contribution in [3.8, 4) is 11.5 Å². The van der Waals surface area contributed by atoms with Crippen molar-refractivity contribution in [2.75, 3.05) is 56.7 Å². The van der Waals surface area contributed by atoms with E-state index in [1.165, 1.54) is 17.3 Å². The molecule has 10 heteroatoms. The van der Waals surface area contributed by atoms with Gasteiger partial charge in [0.25, 0.3) is 0 Å². The number of carbonyl (C=O) groups excluding carboxylic acids is 1. The summed E-state index contributed by atoms with van der Waals surface area (Å²) in [4.78, 5) is 28.3. The van der Waals surface area contributed by atoms with Crippen LogP contribution in [0.4, 0.5) is 5.82 Å². The fraction of sp³-hybridized carbons (Fsp3) is 0.542. The molecule has 2 aliphatic rings. The maximum atomic E-state index is 12.8. The van der Waals surface area contributed by atoms with E-state index in [4.69, 9.17) is 21.1 Å². The minimum absolute atomic E-state index is 0.108. The van der Waals surface area contributed by atoms with E-state index in [2.05, 4.69) is 39.7 Å². The van der Waals surface area contributed by atoms with Gasteiger partial charge in [-0.15, -0.1) is 0 Å². The van der Waals surface area contributed by atoms with E-state index in [0.29, 0.717) is 29.2 Å². The zero-order chi connectivity index (χ0) is 23.9. The molecule has 2 aromatic rings. The maximum absolute atomic E-state index is 12.8. The van der Waals surface area contributed by atoms with Gasteiger partial charge in [-0.25, -0.2) is 9.97 Å². The summed E-state index contributed by atoms with van der Waals surface area (Å²) >= 11 is 7.62. The Hall–Kier alpha value is -2.23. The number of benzene rings is 1. The average Bonchev–Trinajstić information content (AvgIpc) is 3.30. The fourth-order valence-electron chi connectivity index (χ4n) is 4.16. The molecule has 34 heavy (non-hydrogen) atoms. The van der Waals surface area contributed by atoms with Crippen LogP contribution in [0.5, 0.6) is 11.5 Å². The van der Waals surface area contributed by atoms with Gasteiger partial charge in [-0.1, -0.05) is 43.3 Å². The molecule has 0 unspecified atom stereocenters. The van der Waals surface area contributed by atoms with Crippen LogP contribution in [0, 0.1) is 0 Å². The van der Waals surface area contributed by atoms with Crippen LogP contribution in [0.3, 0.4) is 0 Å². The molecule has 3 heterocycles. The van der Waals surface area contributed by atoms with Crippen molar-refractivity contribution in [2.24, 2.45) is 0 Å². The van der Waals surface area contributed by atoms with Crippen LogP contribution < -0.4 is 14.4 Å². The lowest BCUT2D eigenvalue weighted by Gasteiger charge is -2.34. The van der Waals surface area contributed by atoms with Gasteiger partial charge in [0.2, 0.25) is 12.7 Å². The molecule has 4 rings (SSSR count). The number of aromatic nitrogens is 2. The van der Waals surface area contributed by atoms with Crippen molar-refractivity contribution in [3.05, 3.63) is 35.0 Å². The molecule has 184 valence electrons. The Morgan fingerprint density at radius 3 is 2.53 bits per heavy atom. The Labute approximate surface area is 210 Å². The van der Waals surface area contributed by atoms with E-state index in [0.717, 1.165) is 62.9 Å². The van der Waals surface area contributed by atoms with E-state index in [1.807, 2.05) is 17.0 Å². The van der Waals surface area contributed by atoms with Gasteiger partial charge in [-0.05, 0) is 30.5 Å². The van der Waals surface area contributed by atoms with Crippen LogP contribution in [0.25, 0.3) is 0 Å². The van der Waals surface area contributed by atoms with Gasteiger partial charge in [0.15, 0.2) is 16.7 Å². The third-order valence-corrected chi connectivity index (χ3v) is 6.89. The van der Waals surface area contributed by atoms with Crippen LogP contribution in [-0.2, 0) is 11.3 Å². The lowest BCUT2D eigenvalue weighted by molar-refractivity contribution is -0.130. The molecular weight excluding hydrogens is 474 g/mol. The van der Waals surface area contributed by atoms with Crippen molar-refractivity contribution in [3.63, 3.8) is 0 Å². The molecule has 1 amide bonds. The number of amides is 1. The number of ether oxygens (including phenoxy) is 2. The Morgan fingerprint density at radius 2 is 1.79 bits per heavy atom. The van der Waals surface area contributed by atoms with Crippen LogP contribution in [0.15, 0.2) is 29.4 Å².